The SMILES string of the molecule is Cc1cccnc1C(=O)c1ccccc1OC(=O)C=Cc1ccccc1. The number of carbonyl (C=O) groups excluding carboxylic acids is 2. The van der Waals surface area contributed by atoms with Gasteiger partial charge in [-0.05, 0) is 42.3 Å². The fourth-order valence-electron chi connectivity index (χ4n) is 2.46. The van der Waals surface area contributed by atoms with Gasteiger partial charge in [-0.1, -0.05) is 48.5 Å². The maximum Gasteiger partial charge on any atom is 0.336 e. The number of esters is 1. The molecule has 0 unspecified atom stereocenters. The number of benzene rings is 2. The highest BCUT2D eigenvalue weighted by Crippen LogP contribution is 2.22. The Balaban J connectivity index is 1.81. The molecule has 3 aromatic rings. The third kappa shape index (κ3) is 4.11. The van der Waals surface area contributed by atoms with Crippen LogP contribution < -0.4 is 4.74 Å². The van der Waals surface area contributed by atoms with E-state index in [-0.39, 0.29) is 11.5 Å². The van der Waals surface area contributed by atoms with Crippen LogP contribution in [-0.4, -0.2) is 16.7 Å². The molecule has 26 heavy (non-hydrogen) atoms. The smallest absolute Gasteiger partial charge is 0.336 e. The molecule has 0 spiro atoms. The summed E-state index contributed by atoms with van der Waals surface area (Å²) in [6.45, 7) is 1.82. The van der Waals surface area contributed by atoms with Crippen molar-refractivity contribution in [3.8, 4) is 5.75 Å². The van der Waals surface area contributed by atoms with Crippen molar-refractivity contribution < 1.29 is 14.3 Å². The second kappa shape index (κ2) is 8.03. The van der Waals surface area contributed by atoms with Gasteiger partial charge in [0, 0.05) is 12.3 Å². The van der Waals surface area contributed by atoms with Gasteiger partial charge in [-0.3, -0.25) is 9.78 Å². The normalized spacial score (nSPS) is 10.7. The number of aryl methyl sites for hydroxylation is 1. The summed E-state index contributed by atoms with van der Waals surface area (Å²) in [5.74, 6) is -0.615. The third-order valence-corrected chi connectivity index (χ3v) is 3.78. The summed E-state index contributed by atoms with van der Waals surface area (Å²) in [4.78, 5) is 29.1. The van der Waals surface area contributed by atoms with Gasteiger partial charge in [0.05, 0.1) is 5.56 Å². The number of hydrogen-bond donors (Lipinski definition) is 0. The molecule has 0 atom stereocenters. The zero-order valence-electron chi connectivity index (χ0n) is 14.3. The van der Waals surface area contributed by atoms with Crippen molar-refractivity contribution >= 4 is 17.8 Å². The van der Waals surface area contributed by atoms with Gasteiger partial charge in [0.1, 0.15) is 11.4 Å². The lowest BCUT2D eigenvalue weighted by atomic mass is 10.0. The highest BCUT2D eigenvalue weighted by atomic mass is 16.5. The van der Waals surface area contributed by atoms with Crippen LogP contribution >= 0.6 is 0 Å². The fourth-order valence-corrected chi connectivity index (χ4v) is 2.46. The number of pyridine rings is 1. The lowest BCUT2D eigenvalue weighted by Crippen LogP contribution is -2.11. The molecule has 4 heteroatoms. The highest BCUT2D eigenvalue weighted by molar-refractivity contribution is 6.10. The van der Waals surface area contributed by atoms with Gasteiger partial charge in [-0.25, -0.2) is 4.79 Å². The Morgan fingerprint density at radius 1 is 0.923 bits per heavy atom. The Morgan fingerprint density at radius 2 is 1.65 bits per heavy atom. The summed E-state index contributed by atoms with van der Waals surface area (Å²) in [5, 5.41) is 0. The molecule has 0 bridgehead atoms. The standard InChI is InChI=1S/C22H17NO3/c1-16-8-7-15-23-21(16)22(25)18-11-5-6-12-19(18)26-20(24)14-13-17-9-3-2-4-10-17/h2-15H,1H3. The molecular formula is C22H17NO3. The highest BCUT2D eigenvalue weighted by Gasteiger charge is 2.18. The first-order chi connectivity index (χ1) is 12.6. The van der Waals surface area contributed by atoms with E-state index in [1.54, 1.807) is 42.6 Å². The molecule has 1 heterocycles. The molecule has 4 nitrogen and oxygen atoms in total. The summed E-state index contributed by atoms with van der Waals surface area (Å²) in [5.41, 5.74) is 2.30. The Bertz CT molecular complexity index is 962. The minimum atomic E-state index is -0.549. The maximum atomic E-state index is 12.8. The van der Waals surface area contributed by atoms with Crippen LogP contribution in [0, 0.1) is 6.92 Å². The summed E-state index contributed by atoms with van der Waals surface area (Å²) in [7, 11) is 0. The monoisotopic (exact) mass is 343 g/mol. The van der Waals surface area contributed by atoms with Gasteiger partial charge < -0.3 is 4.74 Å². The summed E-state index contributed by atoms with van der Waals surface area (Å²) < 4.78 is 5.38. The Morgan fingerprint density at radius 3 is 2.42 bits per heavy atom. The lowest BCUT2D eigenvalue weighted by Gasteiger charge is -2.09. The number of rotatable bonds is 5. The van der Waals surface area contributed by atoms with Crippen LogP contribution in [-0.2, 0) is 4.79 Å². The van der Waals surface area contributed by atoms with Crippen LogP contribution in [0.15, 0.2) is 79.0 Å². The third-order valence-electron chi connectivity index (χ3n) is 3.78. The van der Waals surface area contributed by atoms with Crippen molar-refractivity contribution in [2.45, 2.75) is 6.92 Å². The van der Waals surface area contributed by atoms with Crippen molar-refractivity contribution in [2.75, 3.05) is 0 Å². The van der Waals surface area contributed by atoms with Crippen molar-refractivity contribution in [2.24, 2.45) is 0 Å². The summed E-state index contributed by atoms with van der Waals surface area (Å²) in [6, 6.07) is 19.7. The Kier molecular flexibility index (Phi) is 5.34. The minimum Gasteiger partial charge on any atom is -0.423 e. The molecular weight excluding hydrogens is 326 g/mol. The number of nitrogens with zero attached hydrogens (tertiary/aromatic N) is 1. The second-order valence-electron chi connectivity index (χ2n) is 5.66. The van der Waals surface area contributed by atoms with Crippen molar-refractivity contribution in [3.63, 3.8) is 0 Å². The molecule has 0 saturated heterocycles. The van der Waals surface area contributed by atoms with E-state index in [1.807, 2.05) is 43.3 Å². The summed E-state index contributed by atoms with van der Waals surface area (Å²) in [6.07, 6.45) is 4.57. The molecule has 0 fully saturated rings. The Labute approximate surface area is 151 Å². The van der Waals surface area contributed by atoms with E-state index in [4.69, 9.17) is 4.74 Å². The van der Waals surface area contributed by atoms with E-state index in [2.05, 4.69) is 4.98 Å². The van der Waals surface area contributed by atoms with Crippen molar-refractivity contribution in [3.05, 3.63) is 101 Å². The maximum absolute atomic E-state index is 12.8. The van der Waals surface area contributed by atoms with Gasteiger partial charge in [0.25, 0.3) is 0 Å². The summed E-state index contributed by atoms with van der Waals surface area (Å²) >= 11 is 0. The average molecular weight is 343 g/mol. The van der Waals surface area contributed by atoms with E-state index in [0.717, 1.165) is 11.1 Å². The van der Waals surface area contributed by atoms with Gasteiger partial charge in [-0.2, -0.15) is 0 Å². The zero-order valence-corrected chi connectivity index (χ0v) is 14.3. The molecule has 0 saturated carbocycles. The number of hydrogen-bond acceptors (Lipinski definition) is 4. The fraction of sp³-hybridized carbons (Fsp3) is 0.0455. The van der Waals surface area contributed by atoms with Crippen LogP contribution in [0.5, 0.6) is 5.75 Å². The molecule has 0 amide bonds. The van der Waals surface area contributed by atoms with Crippen molar-refractivity contribution in [1.82, 2.24) is 4.98 Å². The number of para-hydroxylation sites is 1. The largest absolute Gasteiger partial charge is 0.423 e. The van der Waals surface area contributed by atoms with Crippen LogP contribution in [0.2, 0.25) is 0 Å². The van der Waals surface area contributed by atoms with Crippen molar-refractivity contribution in [1.29, 1.82) is 0 Å². The quantitative estimate of drug-likeness (QED) is 0.301. The van der Waals surface area contributed by atoms with Gasteiger partial charge >= 0.3 is 5.97 Å². The molecule has 0 aliphatic rings. The van der Waals surface area contributed by atoms with Gasteiger partial charge in [0.15, 0.2) is 0 Å². The lowest BCUT2D eigenvalue weighted by molar-refractivity contribution is -0.128. The first-order valence-electron chi connectivity index (χ1n) is 8.15. The predicted octanol–water partition coefficient (Wildman–Crippen LogP) is 4.24. The van der Waals surface area contributed by atoms with E-state index in [1.165, 1.54) is 6.08 Å². The van der Waals surface area contributed by atoms with Crippen LogP contribution in [0.3, 0.4) is 0 Å². The van der Waals surface area contributed by atoms with Gasteiger partial charge in [0.2, 0.25) is 5.78 Å². The van der Waals surface area contributed by atoms with E-state index < -0.39 is 5.97 Å². The predicted molar refractivity (Wildman–Crippen MR) is 100.0 cm³/mol. The minimum absolute atomic E-state index is 0.213. The first kappa shape index (κ1) is 17.3. The number of ketones is 1. The average Bonchev–Trinajstić information content (AvgIpc) is 2.67. The van der Waals surface area contributed by atoms with Crippen LogP contribution in [0.25, 0.3) is 6.08 Å². The second-order valence-corrected chi connectivity index (χ2v) is 5.66. The zero-order chi connectivity index (χ0) is 18.4. The molecule has 0 aliphatic heterocycles. The van der Waals surface area contributed by atoms with Crippen LogP contribution in [0.1, 0.15) is 27.2 Å². The molecule has 0 N–H and O–H groups in total. The van der Waals surface area contributed by atoms with E-state index in [0.29, 0.717) is 11.3 Å². The number of ether oxygens (including phenoxy) is 1. The molecule has 0 aliphatic carbocycles. The van der Waals surface area contributed by atoms with E-state index >= 15 is 0 Å². The molecule has 3 rings (SSSR count). The van der Waals surface area contributed by atoms with E-state index in [9.17, 15) is 9.59 Å². The molecule has 1 aromatic heterocycles. The molecule has 128 valence electrons. The number of aromatic nitrogens is 1. The molecule has 0 radical (unpaired) electrons. The number of carbonyl (C=O) groups is 2. The topological polar surface area (TPSA) is 56.3 Å². The first-order valence-corrected chi connectivity index (χ1v) is 8.15. The van der Waals surface area contributed by atoms with Crippen LogP contribution in [0.4, 0.5) is 0 Å². The molecule has 2 aromatic carbocycles. The Hall–Kier alpha value is -3.53. The van der Waals surface area contributed by atoms with Gasteiger partial charge in [-0.15, -0.1) is 0 Å².